The smallest absolute Gasteiger partial charge is 0.316 e. The summed E-state index contributed by atoms with van der Waals surface area (Å²) in [6, 6.07) is 4.20. The van der Waals surface area contributed by atoms with Gasteiger partial charge in [0.05, 0.1) is 5.69 Å². The second-order valence-corrected chi connectivity index (χ2v) is 6.13. The lowest BCUT2D eigenvalue weighted by molar-refractivity contribution is -0.133. The molecule has 0 spiro atoms. The monoisotopic (exact) mass is 329 g/mol. The van der Waals surface area contributed by atoms with E-state index in [1.54, 1.807) is 18.5 Å². The third-order valence-corrected chi connectivity index (χ3v) is 4.25. The standard InChI is InChI=1S/C17H23N5O2/c1-13-12-14(2)22(20-13)11-6-16(23)21-9-4-15(5-10-21)24-17-18-7-3-8-19-17/h3,7-8,12,15H,4-6,9-11H2,1-2H3. The molecule has 0 bridgehead atoms. The minimum atomic E-state index is 0.0764. The number of amides is 1. The molecule has 1 amide bonds. The number of ether oxygens (including phenoxy) is 1. The quantitative estimate of drug-likeness (QED) is 0.835. The molecule has 1 aliphatic heterocycles. The normalized spacial score (nSPS) is 15.5. The number of aromatic nitrogens is 4. The second-order valence-electron chi connectivity index (χ2n) is 6.13. The van der Waals surface area contributed by atoms with Gasteiger partial charge in [-0.15, -0.1) is 0 Å². The van der Waals surface area contributed by atoms with Gasteiger partial charge in [0.1, 0.15) is 6.10 Å². The van der Waals surface area contributed by atoms with Crippen LogP contribution in [-0.2, 0) is 11.3 Å². The van der Waals surface area contributed by atoms with E-state index < -0.39 is 0 Å². The number of rotatable bonds is 5. The summed E-state index contributed by atoms with van der Waals surface area (Å²) in [5.41, 5.74) is 2.08. The van der Waals surface area contributed by atoms with Crippen LogP contribution in [0.4, 0.5) is 0 Å². The van der Waals surface area contributed by atoms with Crippen LogP contribution in [0.3, 0.4) is 0 Å². The molecule has 2 aromatic rings. The Kier molecular flexibility index (Phi) is 5.08. The highest BCUT2D eigenvalue weighted by atomic mass is 16.5. The van der Waals surface area contributed by atoms with Gasteiger partial charge in [0.2, 0.25) is 5.91 Å². The molecule has 2 aromatic heterocycles. The van der Waals surface area contributed by atoms with Gasteiger partial charge in [-0.05, 0) is 26.0 Å². The molecule has 0 aliphatic carbocycles. The number of hydrogen-bond donors (Lipinski definition) is 0. The van der Waals surface area contributed by atoms with Crippen molar-refractivity contribution < 1.29 is 9.53 Å². The summed E-state index contributed by atoms with van der Waals surface area (Å²) in [6.07, 6.45) is 5.51. The van der Waals surface area contributed by atoms with Crippen molar-refractivity contribution in [1.29, 1.82) is 0 Å². The van der Waals surface area contributed by atoms with Crippen LogP contribution in [0, 0.1) is 13.8 Å². The number of likely N-dealkylation sites (tertiary alicyclic amines) is 1. The Morgan fingerprint density at radius 3 is 2.58 bits per heavy atom. The molecular weight excluding hydrogens is 306 g/mol. The van der Waals surface area contributed by atoms with E-state index in [2.05, 4.69) is 15.1 Å². The lowest BCUT2D eigenvalue weighted by atomic mass is 10.1. The molecule has 1 fully saturated rings. The molecule has 0 atom stereocenters. The summed E-state index contributed by atoms with van der Waals surface area (Å²) >= 11 is 0. The summed E-state index contributed by atoms with van der Waals surface area (Å²) < 4.78 is 7.66. The molecule has 0 saturated carbocycles. The Labute approximate surface area is 141 Å². The molecule has 3 heterocycles. The van der Waals surface area contributed by atoms with E-state index >= 15 is 0 Å². The predicted octanol–water partition coefficient (Wildman–Crippen LogP) is 1.75. The van der Waals surface area contributed by atoms with Crippen LogP contribution in [0.1, 0.15) is 30.7 Å². The van der Waals surface area contributed by atoms with Gasteiger partial charge in [-0.1, -0.05) is 0 Å². The molecular formula is C17H23N5O2. The highest BCUT2D eigenvalue weighted by Crippen LogP contribution is 2.16. The van der Waals surface area contributed by atoms with Crippen LogP contribution >= 0.6 is 0 Å². The predicted molar refractivity (Wildman–Crippen MR) is 88.6 cm³/mol. The highest BCUT2D eigenvalue weighted by Gasteiger charge is 2.24. The van der Waals surface area contributed by atoms with Gasteiger partial charge < -0.3 is 9.64 Å². The first-order chi connectivity index (χ1) is 11.6. The van der Waals surface area contributed by atoms with Crippen LogP contribution in [0.5, 0.6) is 6.01 Å². The minimum absolute atomic E-state index is 0.0764. The third-order valence-electron chi connectivity index (χ3n) is 4.25. The maximum absolute atomic E-state index is 12.4. The Balaban J connectivity index is 1.44. The van der Waals surface area contributed by atoms with Crippen molar-refractivity contribution >= 4 is 5.91 Å². The topological polar surface area (TPSA) is 73.1 Å². The van der Waals surface area contributed by atoms with Crippen molar-refractivity contribution in [1.82, 2.24) is 24.6 Å². The average molecular weight is 329 g/mol. The Bertz CT molecular complexity index is 678. The van der Waals surface area contributed by atoms with Crippen LogP contribution < -0.4 is 4.74 Å². The molecule has 0 radical (unpaired) electrons. The molecule has 24 heavy (non-hydrogen) atoms. The fraction of sp³-hybridized carbons (Fsp3) is 0.529. The summed E-state index contributed by atoms with van der Waals surface area (Å²) in [5, 5.41) is 4.40. The molecule has 7 heteroatoms. The Morgan fingerprint density at radius 2 is 1.96 bits per heavy atom. The van der Waals surface area contributed by atoms with Gasteiger partial charge in [0.25, 0.3) is 0 Å². The van der Waals surface area contributed by atoms with E-state index in [0.29, 0.717) is 32.1 Å². The van der Waals surface area contributed by atoms with Crippen LogP contribution in [-0.4, -0.2) is 49.7 Å². The number of aryl methyl sites for hydroxylation is 3. The largest absolute Gasteiger partial charge is 0.460 e. The van der Waals surface area contributed by atoms with E-state index in [0.717, 1.165) is 24.2 Å². The average Bonchev–Trinajstić information content (AvgIpc) is 2.92. The van der Waals surface area contributed by atoms with Gasteiger partial charge in [-0.25, -0.2) is 9.97 Å². The third kappa shape index (κ3) is 4.10. The van der Waals surface area contributed by atoms with Crippen LogP contribution in [0.2, 0.25) is 0 Å². The lowest BCUT2D eigenvalue weighted by Gasteiger charge is -2.31. The molecule has 7 nitrogen and oxygen atoms in total. The first-order valence-electron chi connectivity index (χ1n) is 8.34. The summed E-state index contributed by atoms with van der Waals surface area (Å²) in [4.78, 5) is 22.4. The first-order valence-corrected chi connectivity index (χ1v) is 8.34. The van der Waals surface area contributed by atoms with Crippen molar-refractivity contribution in [3.8, 4) is 6.01 Å². The van der Waals surface area contributed by atoms with Crippen LogP contribution in [0.25, 0.3) is 0 Å². The van der Waals surface area contributed by atoms with Gasteiger partial charge in [-0.2, -0.15) is 5.10 Å². The zero-order valence-corrected chi connectivity index (χ0v) is 14.2. The molecule has 1 saturated heterocycles. The summed E-state index contributed by atoms with van der Waals surface area (Å²) in [5.74, 6) is 0.178. The summed E-state index contributed by atoms with van der Waals surface area (Å²) in [7, 11) is 0. The van der Waals surface area contributed by atoms with Crippen molar-refractivity contribution in [3.05, 3.63) is 35.9 Å². The number of nitrogens with zero attached hydrogens (tertiary/aromatic N) is 5. The van der Waals surface area contributed by atoms with Crippen LogP contribution in [0.15, 0.2) is 24.5 Å². The number of carbonyl (C=O) groups is 1. The van der Waals surface area contributed by atoms with E-state index in [-0.39, 0.29) is 12.0 Å². The Morgan fingerprint density at radius 1 is 1.25 bits per heavy atom. The number of hydrogen-bond acceptors (Lipinski definition) is 5. The highest BCUT2D eigenvalue weighted by molar-refractivity contribution is 5.76. The van der Waals surface area contributed by atoms with E-state index in [9.17, 15) is 4.79 Å². The van der Waals surface area contributed by atoms with E-state index in [1.165, 1.54) is 0 Å². The summed E-state index contributed by atoms with van der Waals surface area (Å²) in [6.45, 7) is 6.04. The van der Waals surface area contributed by atoms with Crippen molar-refractivity contribution in [2.45, 2.75) is 45.8 Å². The molecule has 0 N–H and O–H groups in total. The SMILES string of the molecule is Cc1cc(C)n(CCC(=O)N2CCC(Oc3ncccn3)CC2)n1. The van der Waals surface area contributed by atoms with Crippen molar-refractivity contribution in [3.63, 3.8) is 0 Å². The van der Waals surface area contributed by atoms with Gasteiger partial charge >= 0.3 is 6.01 Å². The molecule has 0 unspecified atom stereocenters. The zero-order valence-electron chi connectivity index (χ0n) is 14.2. The fourth-order valence-electron chi connectivity index (χ4n) is 2.98. The fourth-order valence-corrected chi connectivity index (χ4v) is 2.98. The Hall–Kier alpha value is -2.44. The van der Waals surface area contributed by atoms with Gasteiger partial charge in [0.15, 0.2) is 0 Å². The van der Waals surface area contributed by atoms with Crippen molar-refractivity contribution in [2.75, 3.05) is 13.1 Å². The van der Waals surface area contributed by atoms with E-state index in [4.69, 9.17) is 4.74 Å². The van der Waals surface area contributed by atoms with E-state index in [1.807, 2.05) is 29.5 Å². The van der Waals surface area contributed by atoms with Gasteiger partial charge in [0, 0.05) is 57.0 Å². The lowest BCUT2D eigenvalue weighted by Crippen LogP contribution is -2.42. The minimum Gasteiger partial charge on any atom is -0.460 e. The molecule has 3 rings (SSSR count). The number of piperidine rings is 1. The second kappa shape index (κ2) is 7.42. The molecule has 0 aromatic carbocycles. The first kappa shape index (κ1) is 16.4. The number of carbonyl (C=O) groups excluding carboxylic acids is 1. The van der Waals surface area contributed by atoms with Gasteiger partial charge in [-0.3, -0.25) is 9.48 Å². The maximum Gasteiger partial charge on any atom is 0.316 e. The zero-order chi connectivity index (χ0) is 16.9. The molecule has 128 valence electrons. The van der Waals surface area contributed by atoms with Crippen molar-refractivity contribution in [2.24, 2.45) is 0 Å². The molecule has 1 aliphatic rings. The maximum atomic E-state index is 12.4.